The van der Waals surface area contributed by atoms with Crippen LogP contribution in [-0.2, 0) is 7.05 Å². The van der Waals surface area contributed by atoms with Gasteiger partial charge in [-0.1, -0.05) is 5.21 Å². The molecule has 5 nitrogen and oxygen atoms in total. The molecule has 16 heavy (non-hydrogen) atoms. The number of pyridine rings is 1. The standard InChI is InChI=1S/C11H15N5/c1-8-6-13-5-4-9(8)11(12-2)10-7-14-15-16(10)3/h4-7,11-12H,1-3H3. The molecule has 0 saturated carbocycles. The molecule has 0 aliphatic carbocycles. The molecule has 2 heterocycles. The van der Waals surface area contributed by atoms with Gasteiger partial charge in [-0.25, -0.2) is 0 Å². The van der Waals surface area contributed by atoms with Gasteiger partial charge in [0.2, 0.25) is 0 Å². The van der Waals surface area contributed by atoms with Crippen molar-refractivity contribution in [3.05, 3.63) is 41.5 Å². The van der Waals surface area contributed by atoms with E-state index < -0.39 is 0 Å². The molecule has 0 bridgehead atoms. The molecule has 1 unspecified atom stereocenters. The van der Waals surface area contributed by atoms with Crippen LogP contribution in [0.4, 0.5) is 0 Å². The van der Waals surface area contributed by atoms with Crippen molar-refractivity contribution in [1.29, 1.82) is 0 Å². The molecule has 0 spiro atoms. The SMILES string of the molecule is CNC(c1ccncc1C)c1cnnn1C. The average Bonchev–Trinajstić information content (AvgIpc) is 2.69. The van der Waals surface area contributed by atoms with E-state index in [2.05, 4.69) is 27.5 Å². The van der Waals surface area contributed by atoms with Crippen LogP contribution in [0.25, 0.3) is 0 Å². The zero-order valence-electron chi connectivity index (χ0n) is 9.68. The highest BCUT2D eigenvalue weighted by atomic mass is 15.4. The van der Waals surface area contributed by atoms with E-state index in [1.807, 2.05) is 26.4 Å². The summed E-state index contributed by atoms with van der Waals surface area (Å²) in [7, 11) is 3.82. The van der Waals surface area contributed by atoms with E-state index in [-0.39, 0.29) is 6.04 Å². The van der Waals surface area contributed by atoms with Crippen LogP contribution in [0.3, 0.4) is 0 Å². The highest BCUT2D eigenvalue weighted by Gasteiger charge is 2.17. The lowest BCUT2D eigenvalue weighted by atomic mass is 10.0. The zero-order chi connectivity index (χ0) is 11.5. The second kappa shape index (κ2) is 4.40. The maximum Gasteiger partial charge on any atom is 0.0798 e. The average molecular weight is 217 g/mol. The molecule has 0 radical (unpaired) electrons. The van der Waals surface area contributed by atoms with E-state index in [0.717, 1.165) is 11.3 Å². The first-order chi connectivity index (χ1) is 7.74. The summed E-state index contributed by atoms with van der Waals surface area (Å²) in [5.74, 6) is 0. The number of aromatic nitrogens is 4. The first-order valence-electron chi connectivity index (χ1n) is 5.16. The van der Waals surface area contributed by atoms with Crippen LogP contribution in [0.1, 0.15) is 22.9 Å². The van der Waals surface area contributed by atoms with Gasteiger partial charge >= 0.3 is 0 Å². The van der Waals surface area contributed by atoms with Crippen molar-refractivity contribution in [3.63, 3.8) is 0 Å². The number of nitrogens with zero attached hydrogens (tertiary/aromatic N) is 4. The van der Waals surface area contributed by atoms with Crippen LogP contribution in [-0.4, -0.2) is 27.0 Å². The summed E-state index contributed by atoms with van der Waals surface area (Å²) in [5, 5.41) is 11.1. The van der Waals surface area contributed by atoms with Gasteiger partial charge in [0.1, 0.15) is 0 Å². The smallest absolute Gasteiger partial charge is 0.0798 e. The summed E-state index contributed by atoms with van der Waals surface area (Å²) in [6.07, 6.45) is 5.45. The minimum absolute atomic E-state index is 0.1000. The van der Waals surface area contributed by atoms with Crippen molar-refractivity contribution in [2.24, 2.45) is 7.05 Å². The van der Waals surface area contributed by atoms with Crippen molar-refractivity contribution >= 4 is 0 Å². The predicted octanol–water partition coefficient (Wildman–Crippen LogP) is 0.827. The van der Waals surface area contributed by atoms with Crippen LogP contribution >= 0.6 is 0 Å². The molecule has 0 aliphatic rings. The van der Waals surface area contributed by atoms with Crippen LogP contribution < -0.4 is 5.32 Å². The van der Waals surface area contributed by atoms with Gasteiger partial charge < -0.3 is 5.32 Å². The summed E-state index contributed by atoms with van der Waals surface area (Å²) in [6.45, 7) is 2.05. The molecule has 5 heteroatoms. The van der Waals surface area contributed by atoms with Crippen molar-refractivity contribution in [2.45, 2.75) is 13.0 Å². The zero-order valence-corrected chi connectivity index (χ0v) is 9.68. The van der Waals surface area contributed by atoms with Gasteiger partial charge in [-0.2, -0.15) is 0 Å². The fourth-order valence-electron chi connectivity index (χ4n) is 1.83. The Morgan fingerprint density at radius 1 is 1.38 bits per heavy atom. The first-order valence-corrected chi connectivity index (χ1v) is 5.16. The molecule has 1 N–H and O–H groups in total. The minimum Gasteiger partial charge on any atom is -0.308 e. The summed E-state index contributed by atoms with van der Waals surface area (Å²) in [5.41, 5.74) is 3.39. The minimum atomic E-state index is 0.1000. The number of rotatable bonds is 3. The van der Waals surface area contributed by atoms with Gasteiger partial charge in [-0.3, -0.25) is 9.67 Å². The summed E-state index contributed by atoms with van der Waals surface area (Å²) < 4.78 is 1.78. The van der Waals surface area contributed by atoms with Crippen molar-refractivity contribution in [3.8, 4) is 0 Å². The maximum absolute atomic E-state index is 4.10. The monoisotopic (exact) mass is 217 g/mol. The highest BCUT2D eigenvalue weighted by Crippen LogP contribution is 2.22. The lowest BCUT2D eigenvalue weighted by Crippen LogP contribution is -2.21. The molecule has 0 fully saturated rings. The van der Waals surface area contributed by atoms with Crippen molar-refractivity contribution < 1.29 is 0 Å². The van der Waals surface area contributed by atoms with Gasteiger partial charge in [0.25, 0.3) is 0 Å². The van der Waals surface area contributed by atoms with E-state index in [9.17, 15) is 0 Å². The largest absolute Gasteiger partial charge is 0.308 e. The number of hydrogen-bond acceptors (Lipinski definition) is 4. The van der Waals surface area contributed by atoms with Gasteiger partial charge in [0.05, 0.1) is 17.9 Å². The van der Waals surface area contributed by atoms with E-state index in [1.54, 1.807) is 17.1 Å². The van der Waals surface area contributed by atoms with E-state index in [0.29, 0.717) is 0 Å². The third kappa shape index (κ3) is 1.81. The summed E-state index contributed by atoms with van der Waals surface area (Å²) >= 11 is 0. The summed E-state index contributed by atoms with van der Waals surface area (Å²) in [6, 6.07) is 2.12. The molecule has 2 aromatic heterocycles. The van der Waals surface area contributed by atoms with E-state index >= 15 is 0 Å². The molecular formula is C11H15N5. The second-order valence-electron chi connectivity index (χ2n) is 3.74. The van der Waals surface area contributed by atoms with Crippen LogP contribution in [0.15, 0.2) is 24.7 Å². The number of aryl methyl sites for hydroxylation is 2. The van der Waals surface area contributed by atoms with Crippen LogP contribution in [0.2, 0.25) is 0 Å². The molecule has 0 amide bonds. The third-order valence-corrected chi connectivity index (χ3v) is 2.71. The van der Waals surface area contributed by atoms with E-state index in [4.69, 9.17) is 0 Å². The Bertz CT molecular complexity index is 477. The Morgan fingerprint density at radius 2 is 2.19 bits per heavy atom. The third-order valence-electron chi connectivity index (χ3n) is 2.71. The lowest BCUT2D eigenvalue weighted by molar-refractivity contribution is 0.595. The van der Waals surface area contributed by atoms with Crippen molar-refractivity contribution in [1.82, 2.24) is 25.3 Å². The lowest BCUT2D eigenvalue weighted by Gasteiger charge is -2.17. The van der Waals surface area contributed by atoms with Gasteiger partial charge in [-0.15, -0.1) is 5.10 Å². The topological polar surface area (TPSA) is 55.6 Å². The number of nitrogens with one attached hydrogen (secondary N) is 1. The van der Waals surface area contributed by atoms with E-state index in [1.165, 1.54) is 5.56 Å². The normalized spacial score (nSPS) is 12.7. The Kier molecular flexibility index (Phi) is 2.96. The first kappa shape index (κ1) is 10.8. The van der Waals surface area contributed by atoms with Crippen LogP contribution in [0, 0.1) is 6.92 Å². The number of hydrogen-bond donors (Lipinski definition) is 1. The molecule has 0 aliphatic heterocycles. The van der Waals surface area contributed by atoms with Crippen LogP contribution in [0.5, 0.6) is 0 Å². The molecule has 1 atom stereocenters. The predicted molar refractivity (Wildman–Crippen MR) is 60.9 cm³/mol. The fraction of sp³-hybridized carbons (Fsp3) is 0.364. The molecule has 2 aromatic rings. The quantitative estimate of drug-likeness (QED) is 0.827. The van der Waals surface area contributed by atoms with Gasteiger partial charge in [-0.05, 0) is 31.2 Å². The second-order valence-corrected chi connectivity index (χ2v) is 3.74. The van der Waals surface area contributed by atoms with Gasteiger partial charge in [0.15, 0.2) is 0 Å². The fourth-order valence-corrected chi connectivity index (χ4v) is 1.83. The van der Waals surface area contributed by atoms with Gasteiger partial charge in [0, 0.05) is 19.4 Å². The highest BCUT2D eigenvalue weighted by molar-refractivity contribution is 5.31. The Morgan fingerprint density at radius 3 is 2.75 bits per heavy atom. The Hall–Kier alpha value is -1.75. The molecule has 0 aromatic carbocycles. The molecule has 84 valence electrons. The Balaban J connectivity index is 2.45. The van der Waals surface area contributed by atoms with Crippen molar-refractivity contribution in [2.75, 3.05) is 7.05 Å². The maximum atomic E-state index is 4.10. The Labute approximate surface area is 94.5 Å². The molecule has 0 saturated heterocycles. The molecular weight excluding hydrogens is 202 g/mol. The summed E-state index contributed by atoms with van der Waals surface area (Å²) in [4.78, 5) is 4.10. The molecule has 2 rings (SSSR count).